The standard InChI is InChI=1S/C22H26N2O3.ClH/c1-16-5-4-6-19(13-16)27-15-18(25)14-24-21-8-3-2-7-20(21)23-22(24)17-9-11-26-12-10-17;/h2-8,13,17-18,25H,9-12,14-15H2,1H3;1H. The first-order valence-corrected chi connectivity index (χ1v) is 9.61. The van der Waals surface area contributed by atoms with Gasteiger partial charge >= 0.3 is 0 Å². The third-order valence-corrected chi connectivity index (χ3v) is 5.10. The second-order valence-electron chi connectivity index (χ2n) is 7.24. The maximum atomic E-state index is 10.6. The number of ether oxygens (including phenoxy) is 2. The van der Waals surface area contributed by atoms with Gasteiger partial charge in [0.25, 0.3) is 0 Å². The fraction of sp³-hybridized carbons (Fsp3) is 0.409. The van der Waals surface area contributed by atoms with Crippen LogP contribution in [0.25, 0.3) is 11.0 Å². The number of nitrogens with zero attached hydrogens (tertiary/aromatic N) is 2. The van der Waals surface area contributed by atoms with Gasteiger partial charge in [-0.2, -0.15) is 0 Å². The van der Waals surface area contributed by atoms with E-state index in [4.69, 9.17) is 14.5 Å². The molecule has 0 amide bonds. The van der Waals surface area contributed by atoms with Gasteiger partial charge in [0.2, 0.25) is 0 Å². The molecule has 1 N–H and O–H groups in total. The number of para-hydroxylation sites is 2. The van der Waals surface area contributed by atoms with Crippen molar-refractivity contribution in [3.8, 4) is 5.75 Å². The van der Waals surface area contributed by atoms with Gasteiger partial charge in [-0.25, -0.2) is 4.98 Å². The molecule has 28 heavy (non-hydrogen) atoms. The summed E-state index contributed by atoms with van der Waals surface area (Å²) in [6.45, 7) is 4.29. The Morgan fingerprint density at radius 2 is 1.96 bits per heavy atom. The van der Waals surface area contributed by atoms with Crippen LogP contribution in [0.4, 0.5) is 0 Å². The lowest BCUT2D eigenvalue weighted by Crippen LogP contribution is -2.26. The second kappa shape index (κ2) is 9.41. The van der Waals surface area contributed by atoms with Crippen molar-refractivity contribution in [3.63, 3.8) is 0 Å². The molecule has 0 bridgehead atoms. The molecule has 2 aromatic carbocycles. The Morgan fingerprint density at radius 1 is 1.18 bits per heavy atom. The average molecular weight is 403 g/mol. The van der Waals surface area contributed by atoms with Crippen LogP contribution in [0.15, 0.2) is 48.5 Å². The molecule has 1 saturated heterocycles. The molecular formula is C22H27ClN2O3. The van der Waals surface area contributed by atoms with Crippen LogP contribution < -0.4 is 4.74 Å². The smallest absolute Gasteiger partial charge is 0.119 e. The molecule has 0 aliphatic carbocycles. The highest BCUT2D eigenvalue weighted by atomic mass is 35.5. The number of aliphatic hydroxyl groups excluding tert-OH is 1. The first-order chi connectivity index (χ1) is 13.2. The van der Waals surface area contributed by atoms with Crippen molar-refractivity contribution in [2.75, 3.05) is 19.8 Å². The van der Waals surface area contributed by atoms with E-state index in [1.807, 2.05) is 49.4 Å². The molecule has 6 heteroatoms. The predicted molar refractivity (Wildman–Crippen MR) is 112 cm³/mol. The van der Waals surface area contributed by atoms with E-state index in [9.17, 15) is 5.11 Å². The number of rotatable bonds is 6. The molecule has 1 fully saturated rings. The Bertz CT molecular complexity index is 906. The number of aryl methyl sites for hydroxylation is 1. The van der Waals surface area contributed by atoms with Crippen LogP contribution in [0.3, 0.4) is 0 Å². The lowest BCUT2D eigenvalue weighted by atomic mass is 9.99. The number of aromatic nitrogens is 2. The van der Waals surface area contributed by atoms with E-state index >= 15 is 0 Å². The SMILES string of the molecule is Cc1cccc(OCC(O)Cn2c(C3CCOCC3)nc3ccccc32)c1.Cl. The summed E-state index contributed by atoms with van der Waals surface area (Å²) in [4.78, 5) is 4.87. The molecule has 1 aliphatic heterocycles. The van der Waals surface area contributed by atoms with E-state index in [1.54, 1.807) is 0 Å². The summed E-state index contributed by atoms with van der Waals surface area (Å²) in [6.07, 6.45) is 1.33. The van der Waals surface area contributed by atoms with Crippen LogP contribution in [0.2, 0.25) is 0 Å². The summed E-state index contributed by atoms with van der Waals surface area (Å²) in [5.41, 5.74) is 3.18. The number of aliphatic hydroxyl groups is 1. The summed E-state index contributed by atoms with van der Waals surface area (Å²) < 4.78 is 13.5. The van der Waals surface area contributed by atoms with Gasteiger partial charge in [0.1, 0.15) is 24.3 Å². The number of benzene rings is 2. The van der Waals surface area contributed by atoms with Crippen molar-refractivity contribution in [1.29, 1.82) is 0 Å². The van der Waals surface area contributed by atoms with E-state index < -0.39 is 6.10 Å². The fourth-order valence-corrected chi connectivity index (χ4v) is 3.71. The van der Waals surface area contributed by atoms with Gasteiger partial charge in [0.15, 0.2) is 0 Å². The molecule has 1 aliphatic rings. The van der Waals surface area contributed by atoms with Gasteiger partial charge in [-0.05, 0) is 49.6 Å². The van der Waals surface area contributed by atoms with Crippen LogP contribution in [0, 0.1) is 6.92 Å². The quantitative estimate of drug-likeness (QED) is 0.674. The summed E-state index contributed by atoms with van der Waals surface area (Å²) >= 11 is 0. The Labute approximate surface area is 171 Å². The maximum Gasteiger partial charge on any atom is 0.119 e. The van der Waals surface area contributed by atoms with Crippen molar-refractivity contribution in [2.24, 2.45) is 0 Å². The third kappa shape index (κ3) is 4.66. The molecule has 2 heterocycles. The zero-order valence-corrected chi connectivity index (χ0v) is 16.9. The highest BCUT2D eigenvalue weighted by molar-refractivity contribution is 5.85. The number of fused-ring (bicyclic) bond motifs is 1. The molecule has 0 spiro atoms. The number of imidazole rings is 1. The molecule has 5 nitrogen and oxygen atoms in total. The van der Waals surface area contributed by atoms with Crippen LogP contribution in [-0.2, 0) is 11.3 Å². The number of hydrogen-bond donors (Lipinski definition) is 1. The molecule has 0 saturated carbocycles. The molecular weight excluding hydrogens is 376 g/mol. The molecule has 150 valence electrons. The van der Waals surface area contributed by atoms with Gasteiger partial charge in [0, 0.05) is 19.1 Å². The third-order valence-electron chi connectivity index (χ3n) is 5.10. The van der Waals surface area contributed by atoms with E-state index in [-0.39, 0.29) is 19.0 Å². The second-order valence-corrected chi connectivity index (χ2v) is 7.24. The van der Waals surface area contributed by atoms with Crippen LogP contribution in [-0.4, -0.2) is 40.6 Å². The van der Waals surface area contributed by atoms with E-state index in [0.717, 1.165) is 54.2 Å². The summed E-state index contributed by atoms with van der Waals surface area (Å²) in [7, 11) is 0. The Hall–Kier alpha value is -2.08. The molecule has 1 atom stereocenters. The van der Waals surface area contributed by atoms with Crippen LogP contribution >= 0.6 is 12.4 Å². The Morgan fingerprint density at radius 3 is 2.75 bits per heavy atom. The first kappa shape index (κ1) is 20.6. The number of halogens is 1. The van der Waals surface area contributed by atoms with Crippen molar-refractivity contribution in [2.45, 2.75) is 38.3 Å². The Kier molecular flexibility index (Phi) is 6.94. The first-order valence-electron chi connectivity index (χ1n) is 9.61. The summed E-state index contributed by atoms with van der Waals surface area (Å²) in [5.74, 6) is 2.21. The summed E-state index contributed by atoms with van der Waals surface area (Å²) in [5, 5.41) is 10.6. The van der Waals surface area contributed by atoms with Crippen LogP contribution in [0.1, 0.15) is 30.1 Å². The minimum absolute atomic E-state index is 0. The highest BCUT2D eigenvalue weighted by Gasteiger charge is 2.24. The van der Waals surface area contributed by atoms with Gasteiger partial charge in [-0.3, -0.25) is 0 Å². The molecule has 3 aromatic rings. The fourth-order valence-electron chi connectivity index (χ4n) is 3.71. The topological polar surface area (TPSA) is 56.5 Å². The zero-order chi connectivity index (χ0) is 18.6. The molecule has 1 aromatic heterocycles. The normalized spacial score (nSPS) is 15.9. The summed E-state index contributed by atoms with van der Waals surface area (Å²) in [6, 6.07) is 16.0. The lowest BCUT2D eigenvalue weighted by molar-refractivity contribution is 0.0780. The van der Waals surface area contributed by atoms with Crippen molar-refractivity contribution >= 4 is 23.4 Å². The molecule has 1 unspecified atom stereocenters. The van der Waals surface area contributed by atoms with Gasteiger partial charge < -0.3 is 19.1 Å². The predicted octanol–water partition coefficient (Wildman–Crippen LogP) is 4.10. The lowest BCUT2D eigenvalue weighted by Gasteiger charge is -2.23. The minimum atomic E-state index is -0.610. The van der Waals surface area contributed by atoms with E-state index in [0.29, 0.717) is 12.5 Å². The van der Waals surface area contributed by atoms with Crippen molar-refractivity contribution in [1.82, 2.24) is 9.55 Å². The van der Waals surface area contributed by atoms with Gasteiger partial charge in [-0.1, -0.05) is 24.3 Å². The minimum Gasteiger partial charge on any atom is -0.491 e. The molecule has 0 radical (unpaired) electrons. The van der Waals surface area contributed by atoms with E-state index in [1.165, 1.54) is 0 Å². The highest BCUT2D eigenvalue weighted by Crippen LogP contribution is 2.29. The van der Waals surface area contributed by atoms with E-state index in [2.05, 4.69) is 10.6 Å². The number of hydrogen-bond acceptors (Lipinski definition) is 4. The van der Waals surface area contributed by atoms with Crippen molar-refractivity contribution in [3.05, 3.63) is 59.9 Å². The van der Waals surface area contributed by atoms with Gasteiger partial charge in [0.05, 0.1) is 17.6 Å². The van der Waals surface area contributed by atoms with Crippen molar-refractivity contribution < 1.29 is 14.6 Å². The van der Waals surface area contributed by atoms with Crippen LogP contribution in [0.5, 0.6) is 5.75 Å². The largest absolute Gasteiger partial charge is 0.491 e. The molecule has 4 rings (SSSR count). The Balaban J connectivity index is 0.00000225. The maximum absolute atomic E-state index is 10.6. The average Bonchev–Trinajstić information content (AvgIpc) is 3.06. The zero-order valence-electron chi connectivity index (χ0n) is 16.1. The van der Waals surface area contributed by atoms with Gasteiger partial charge in [-0.15, -0.1) is 12.4 Å². The monoisotopic (exact) mass is 402 g/mol.